The van der Waals surface area contributed by atoms with Crippen LogP contribution in [0, 0.1) is 5.82 Å². The molecule has 3 aromatic rings. The maximum absolute atomic E-state index is 13.1. The zero-order chi connectivity index (χ0) is 18.5. The predicted octanol–water partition coefficient (Wildman–Crippen LogP) is 3.59. The molecule has 0 saturated carbocycles. The SMILES string of the molecule is CC(C)NC(=O)c1ccc(OCc2conc2-c2ccc(F)cc2)nc1. The van der Waals surface area contributed by atoms with Crippen LogP contribution in [0.25, 0.3) is 11.3 Å². The highest BCUT2D eigenvalue weighted by Gasteiger charge is 2.12. The lowest BCUT2D eigenvalue weighted by molar-refractivity contribution is 0.0942. The van der Waals surface area contributed by atoms with E-state index in [-0.39, 0.29) is 24.4 Å². The van der Waals surface area contributed by atoms with Gasteiger partial charge in [-0.25, -0.2) is 9.37 Å². The van der Waals surface area contributed by atoms with Crippen LogP contribution < -0.4 is 10.1 Å². The number of pyridine rings is 1. The van der Waals surface area contributed by atoms with Crippen molar-refractivity contribution in [1.29, 1.82) is 0 Å². The summed E-state index contributed by atoms with van der Waals surface area (Å²) in [4.78, 5) is 16.0. The summed E-state index contributed by atoms with van der Waals surface area (Å²) in [6.07, 6.45) is 2.94. The Morgan fingerprint density at radius 2 is 2.00 bits per heavy atom. The van der Waals surface area contributed by atoms with Gasteiger partial charge in [0, 0.05) is 23.9 Å². The third-order valence-corrected chi connectivity index (χ3v) is 3.55. The minimum atomic E-state index is -0.319. The van der Waals surface area contributed by atoms with Crippen molar-refractivity contribution in [1.82, 2.24) is 15.5 Å². The molecule has 26 heavy (non-hydrogen) atoms. The number of nitrogens with one attached hydrogen (secondary N) is 1. The van der Waals surface area contributed by atoms with Gasteiger partial charge >= 0.3 is 0 Å². The van der Waals surface area contributed by atoms with E-state index in [9.17, 15) is 9.18 Å². The van der Waals surface area contributed by atoms with Gasteiger partial charge in [0.2, 0.25) is 5.88 Å². The summed E-state index contributed by atoms with van der Waals surface area (Å²) < 4.78 is 23.7. The minimum absolute atomic E-state index is 0.0527. The summed E-state index contributed by atoms with van der Waals surface area (Å²) in [5, 5.41) is 6.74. The lowest BCUT2D eigenvalue weighted by Crippen LogP contribution is -2.30. The third kappa shape index (κ3) is 4.24. The molecule has 1 amide bonds. The van der Waals surface area contributed by atoms with E-state index in [1.807, 2.05) is 13.8 Å². The van der Waals surface area contributed by atoms with E-state index in [2.05, 4.69) is 15.5 Å². The normalized spacial score (nSPS) is 10.8. The van der Waals surface area contributed by atoms with Crippen LogP contribution in [0.3, 0.4) is 0 Å². The van der Waals surface area contributed by atoms with Crippen LogP contribution >= 0.6 is 0 Å². The van der Waals surface area contributed by atoms with Gasteiger partial charge in [0.25, 0.3) is 5.91 Å². The number of benzene rings is 1. The Hall–Kier alpha value is -3.22. The smallest absolute Gasteiger partial charge is 0.253 e. The van der Waals surface area contributed by atoms with Crippen LogP contribution in [-0.2, 0) is 6.61 Å². The summed E-state index contributed by atoms with van der Waals surface area (Å²) >= 11 is 0. The van der Waals surface area contributed by atoms with Crippen LogP contribution in [0.2, 0.25) is 0 Å². The first-order valence-corrected chi connectivity index (χ1v) is 8.12. The van der Waals surface area contributed by atoms with Crippen LogP contribution in [0.1, 0.15) is 29.8 Å². The quantitative estimate of drug-likeness (QED) is 0.731. The molecular formula is C19H18FN3O3. The largest absolute Gasteiger partial charge is 0.473 e. The highest BCUT2D eigenvalue weighted by Crippen LogP contribution is 2.23. The number of ether oxygens (including phenoxy) is 1. The van der Waals surface area contributed by atoms with Gasteiger partial charge in [-0.1, -0.05) is 5.16 Å². The fourth-order valence-corrected chi connectivity index (χ4v) is 2.30. The van der Waals surface area contributed by atoms with Crippen LogP contribution in [-0.4, -0.2) is 22.1 Å². The molecule has 0 aliphatic rings. The second kappa shape index (κ2) is 7.77. The van der Waals surface area contributed by atoms with Gasteiger partial charge in [-0.2, -0.15) is 0 Å². The van der Waals surface area contributed by atoms with E-state index in [0.717, 1.165) is 5.56 Å². The predicted molar refractivity (Wildman–Crippen MR) is 93.1 cm³/mol. The number of carbonyl (C=O) groups excluding carboxylic acids is 1. The molecule has 134 valence electrons. The van der Waals surface area contributed by atoms with Gasteiger partial charge < -0.3 is 14.6 Å². The minimum Gasteiger partial charge on any atom is -0.473 e. The zero-order valence-corrected chi connectivity index (χ0v) is 14.4. The fraction of sp³-hybridized carbons (Fsp3) is 0.211. The molecule has 0 unspecified atom stereocenters. The zero-order valence-electron chi connectivity index (χ0n) is 14.4. The molecule has 0 atom stereocenters. The lowest BCUT2D eigenvalue weighted by atomic mass is 10.1. The highest BCUT2D eigenvalue weighted by molar-refractivity contribution is 5.94. The molecule has 0 spiro atoms. The van der Waals surface area contributed by atoms with E-state index in [1.165, 1.54) is 24.6 Å². The van der Waals surface area contributed by atoms with E-state index >= 15 is 0 Å². The van der Waals surface area contributed by atoms with Crippen molar-refractivity contribution in [2.24, 2.45) is 0 Å². The molecule has 7 heteroatoms. The number of amides is 1. The molecular weight excluding hydrogens is 337 g/mol. The molecule has 0 saturated heterocycles. The van der Waals surface area contributed by atoms with Crippen LogP contribution in [0.15, 0.2) is 53.4 Å². The number of nitrogens with zero attached hydrogens (tertiary/aromatic N) is 2. The number of aromatic nitrogens is 2. The van der Waals surface area contributed by atoms with E-state index in [1.54, 1.807) is 24.3 Å². The Kier molecular flexibility index (Phi) is 5.26. The van der Waals surface area contributed by atoms with E-state index < -0.39 is 0 Å². The molecule has 0 bridgehead atoms. The number of hydrogen-bond acceptors (Lipinski definition) is 5. The van der Waals surface area contributed by atoms with Crippen molar-refractivity contribution in [3.8, 4) is 17.1 Å². The topological polar surface area (TPSA) is 77.2 Å². The van der Waals surface area contributed by atoms with Crippen molar-refractivity contribution >= 4 is 5.91 Å². The molecule has 0 aliphatic heterocycles. The van der Waals surface area contributed by atoms with E-state index in [4.69, 9.17) is 9.26 Å². The summed E-state index contributed by atoms with van der Waals surface area (Å²) in [5.74, 6) is -0.130. The monoisotopic (exact) mass is 355 g/mol. The van der Waals surface area contributed by atoms with Gasteiger partial charge in [0.05, 0.1) is 11.1 Å². The Bertz CT molecular complexity index is 874. The van der Waals surface area contributed by atoms with Gasteiger partial charge in [-0.3, -0.25) is 4.79 Å². The average Bonchev–Trinajstić information content (AvgIpc) is 3.09. The maximum Gasteiger partial charge on any atom is 0.253 e. The van der Waals surface area contributed by atoms with Crippen molar-refractivity contribution in [3.63, 3.8) is 0 Å². The van der Waals surface area contributed by atoms with Gasteiger partial charge in [0.1, 0.15) is 24.4 Å². The van der Waals surface area contributed by atoms with Crippen molar-refractivity contribution in [3.05, 3.63) is 65.8 Å². The maximum atomic E-state index is 13.1. The first kappa shape index (κ1) is 17.6. The molecule has 0 fully saturated rings. The first-order valence-electron chi connectivity index (χ1n) is 8.12. The summed E-state index contributed by atoms with van der Waals surface area (Å²) in [5.41, 5.74) is 2.48. The molecule has 2 heterocycles. The molecule has 2 aromatic heterocycles. The number of halogens is 1. The Morgan fingerprint density at radius 1 is 1.23 bits per heavy atom. The van der Waals surface area contributed by atoms with Crippen molar-refractivity contribution in [2.75, 3.05) is 0 Å². The van der Waals surface area contributed by atoms with Crippen LogP contribution in [0.4, 0.5) is 4.39 Å². The van der Waals surface area contributed by atoms with Gasteiger partial charge in [0.15, 0.2) is 0 Å². The summed E-state index contributed by atoms with van der Waals surface area (Å²) in [6, 6.07) is 9.29. The van der Waals surface area contributed by atoms with Crippen molar-refractivity contribution < 1.29 is 18.4 Å². The number of hydrogen-bond donors (Lipinski definition) is 1. The van der Waals surface area contributed by atoms with Gasteiger partial charge in [-0.15, -0.1) is 0 Å². The van der Waals surface area contributed by atoms with E-state index in [0.29, 0.717) is 22.7 Å². The van der Waals surface area contributed by atoms with Crippen molar-refractivity contribution in [2.45, 2.75) is 26.5 Å². The second-order valence-electron chi connectivity index (χ2n) is 6.00. The molecule has 1 N–H and O–H groups in total. The third-order valence-electron chi connectivity index (χ3n) is 3.55. The highest BCUT2D eigenvalue weighted by atomic mass is 19.1. The van der Waals surface area contributed by atoms with Crippen LogP contribution in [0.5, 0.6) is 5.88 Å². The molecule has 6 nitrogen and oxygen atoms in total. The molecule has 0 aliphatic carbocycles. The summed E-state index contributed by atoms with van der Waals surface area (Å²) in [6.45, 7) is 3.96. The average molecular weight is 355 g/mol. The summed E-state index contributed by atoms with van der Waals surface area (Å²) in [7, 11) is 0. The second-order valence-corrected chi connectivity index (χ2v) is 6.00. The number of rotatable bonds is 6. The number of carbonyl (C=O) groups is 1. The molecule has 0 radical (unpaired) electrons. The Morgan fingerprint density at radius 3 is 2.65 bits per heavy atom. The standard InChI is InChI=1S/C19H18FN3O3/c1-12(2)22-19(24)14-5-8-17(21-9-14)25-10-15-11-26-23-18(15)13-3-6-16(20)7-4-13/h3-9,11-12H,10H2,1-2H3,(H,22,24). The molecule has 1 aromatic carbocycles. The van der Waals surface area contributed by atoms with Gasteiger partial charge in [-0.05, 0) is 44.2 Å². The Balaban J connectivity index is 1.66. The lowest BCUT2D eigenvalue weighted by Gasteiger charge is -2.09. The fourth-order valence-electron chi connectivity index (χ4n) is 2.30. The first-order chi connectivity index (χ1) is 12.5. The molecule has 3 rings (SSSR count). The Labute approximate surface area is 150 Å².